The van der Waals surface area contributed by atoms with Crippen molar-refractivity contribution in [2.75, 3.05) is 13.6 Å². The summed E-state index contributed by atoms with van der Waals surface area (Å²) in [6.45, 7) is 4.93. The van der Waals surface area contributed by atoms with E-state index < -0.39 is 6.10 Å². The Bertz CT molecular complexity index is 1170. The summed E-state index contributed by atoms with van der Waals surface area (Å²) < 4.78 is 3.01. The molecule has 1 aromatic carbocycles. The maximum absolute atomic E-state index is 10.6. The third-order valence-electron chi connectivity index (χ3n) is 4.96. The van der Waals surface area contributed by atoms with Crippen LogP contribution in [0, 0.1) is 13.8 Å². The van der Waals surface area contributed by atoms with Crippen LogP contribution in [0.5, 0.6) is 0 Å². The number of fused-ring (bicyclic) bond motifs is 1. The first-order chi connectivity index (χ1) is 15.0. The molecule has 1 atom stereocenters. The maximum Gasteiger partial charge on any atom is 0.191 e. The smallest absolute Gasteiger partial charge is 0.191 e. The first-order valence-electron chi connectivity index (χ1n) is 10.1. The lowest BCUT2D eigenvalue weighted by molar-refractivity contribution is 0.184. The minimum atomic E-state index is -0.599. The van der Waals surface area contributed by atoms with Crippen LogP contribution in [0.3, 0.4) is 0 Å². The van der Waals surface area contributed by atoms with E-state index in [9.17, 15) is 5.11 Å². The van der Waals surface area contributed by atoms with E-state index in [4.69, 9.17) is 0 Å². The molecule has 0 fully saturated rings. The fraction of sp³-hybridized carbons (Fsp3) is 0.261. The highest BCUT2D eigenvalue weighted by atomic mass is 127. The number of pyridine rings is 1. The van der Waals surface area contributed by atoms with Crippen molar-refractivity contribution in [1.82, 2.24) is 25.4 Å². The summed E-state index contributed by atoms with van der Waals surface area (Å²) in [6, 6.07) is 16.2. The number of aliphatic imine (C=N–C) groups is 1. The van der Waals surface area contributed by atoms with E-state index in [-0.39, 0.29) is 24.0 Å². The number of hydrogen-bond donors (Lipinski definition) is 3. The number of thiophene rings is 1. The highest BCUT2D eigenvalue weighted by Gasteiger charge is 2.12. The second-order valence-corrected chi connectivity index (χ2v) is 8.49. The minimum Gasteiger partial charge on any atom is -0.386 e. The summed E-state index contributed by atoms with van der Waals surface area (Å²) in [5, 5.41) is 22.6. The molecule has 32 heavy (non-hydrogen) atoms. The van der Waals surface area contributed by atoms with Crippen LogP contribution < -0.4 is 10.6 Å². The SMILES string of the molecule is CN=C(NCc1ccc(-n2nc(C)cc2C)nc1)NCC(O)c1cc2ccccc2s1.I. The monoisotopic (exact) mass is 562 g/mol. The molecular weight excluding hydrogens is 535 g/mol. The summed E-state index contributed by atoms with van der Waals surface area (Å²) in [6.07, 6.45) is 1.23. The van der Waals surface area contributed by atoms with Crippen molar-refractivity contribution < 1.29 is 5.11 Å². The van der Waals surface area contributed by atoms with E-state index in [0.717, 1.165) is 33.0 Å². The molecule has 0 saturated carbocycles. The highest BCUT2D eigenvalue weighted by molar-refractivity contribution is 14.0. The van der Waals surface area contributed by atoms with Crippen molar-refractivity contribution in [3.63, 3.8) is 0 Å². The molecule has 1 unspecified atom stereocenters. The van der Waals surface area contributed by atoms with E-state index in [1.165, 1.54) is 4.70 Å². The number of nitrogens with zero attached hydrogens (tertiary/aromatic N) is 4. The number of aliphatic hydroxyl groups is 1. The van der Waals surface area contributed by atoms with Gasteiger partial charge in [0.1, 0.15) is 6.10 Å². The molecule has 0 saturated heterocycles. The topological polar surface area (TPSA) is 87.4 Å². The number of halogens is 1. The number of aryl methyl sites for hydroxylation is 2. The van der Waals surface area contributed by atoms with E-state index >= 15 is 0 Å². The third kappa shape index (κ3) is 5.64. The van der Waals surface area contributed by atoms with E-state index in [0.29, 0.717) is 19.0 Å². The number of guanidine groups is 1. The fourth-order valence-electron chi connectivity index (χ4n) is 3.37. The predicted molar refractivity (Wildman–Crippen MR) is 141 cm³/mol. The van der Waals surface area contributed by atoms with Crippen LogP contribution in [-0.4, -0.2) is 39.4 Å². The van der Waals surface area contributed by atoms with Gasteiger partial charge >= 0.3 is 0 Å². The summed E-state index contributed by atoms with van der Waals surface area (Å²) in [4.78, 5) is 9.70. The first-order valence-corrected chi connectivity index (χ1v) is 10.9. The number of aliphatic hydroxyl groups excluding tert-OH is 1. The number of nitrogens with one attached hydrogen (secondary N) is 2. The predicted octanol–water partition coefficient (Wildman–Crippen LogP) is 4.12. The summed E-state index contributed by atoms with van der Waals surface area (Å²) >= 11 is 1.61. The average Bonchev–Trinajstić information content (AvgIpc) is 3.36. The van der Waals surface area contributed by atoms with Crippen molar-refractivity contribution >= 4 is 51.4 Å². The third-order valence-corrected chi connectivity index (χ3v) is 6.17. The van der Waals surface area contributed by atoms with Crippen molar-refractivity contribution in [1.29, 1.82) is 0 Å². The molecular formula is C23H27IN6OS. The Kier molecular flexibility index (Phi) is 8.21. The average molecular weight is 562 g/mol. The van der Waals surface area contributed by atoms with Crippen LogP contribution in [0.1, 0.15) is 27.9 Å². The molecule has 168 valence electrons. The van der Waals surface area contributed by atoms with Crippen molar-refractivity contribution in [2.45, 2.75) is 26.5 Å². The Balaban J connectivity index is 0.00000289. The van der Waals surface area contributed by atoms with Crippen molar-refractivity contribution in [3.05, 3.63) is 76.6 Å². The van der Waals surface area contributed by atoms with Gasteiger partial charge in [-0.25, -0.2) is 9.67 Å². The van der Waals surface area contributed by atoms with Crippen LogP contribution in [-0.2, 0) is 6.54 Å². The van der Waals surface area contributed by atoms with E-state index in [1.54, 1.807) is 18.4 Å². The van der Waals surface area contributed by atoms with Crippen LogP contribution in [0.4, 0.5) is 0 Å². The molecule has 0 aliphatic heterocycles. The normalized spacial score (nSPS) is 12.4. The molecule has 0 aliphatic carbocycles. The highest BCUT2D eigenvalue weighted by Crippen LogP contribution is 2.29. The second kappa shape index (κ2) is 10.9. The van der Waals surface area contributed by atoms with Gasteiger partial charge in [-0.05, 0) is 49.1 Å². The number of rotatable bonds is 6. The zero-order valence-electron chi connectivity index (χ0n) is 18.2. The molecule has 9 heteroatoms. The van der Waals surface area contributed by atoms with Gasteiger partial charge < -0.3 is 15.7 Å². The summed E-state index contributed by atoms with van der Waals surface area (Å²) in [5.74, 6) is 1.42. The van der Waals surface area contributed by atoms with Crippen LogP contribution >= 0.6 is 35.3 Å². The van der Waals surface area contributed by atoms with Crippen molar-refractivity contribution in [3.8, 4) is 5.82 Å². The first kappa shape index (κ1) is 24.1. The van der Waals surface area contributed by atoms with Gasteiger partial charge in [-0.2, -0.15) is 5.10 Å². The Morgan fingerprint density at radius 1 is 1.16 bits per heavy atom. The molecule has 3 aromatic heterocycles. The number of hydrogen-bond acceptors (Lipinski definition) is 5. The molecule has 0 aliphatic rings. The summed E-state index contributed by atoms with van der Waals surface area (Å²) in [5.41, 5.74) is 3.05. The Labute approximate surface area is 208 Å². The molecule has 3 N–H and O–H groups in total. The zero-order valence-corrected chi connectivity index (χ0v) is 21.4. The molecule has 3 heterocycles. The van der Waals surface area contributed by atoms with Gasteiger partial charge in [0.25, 0.3) is 0 Å². The van der Waals surface area contributed by atoms with Crippen LogP contribution in [0.2, 0.25) is 0 Å². The minimum absolute atomic E-state index is 0. The van der Waals surface area contributed by atoms with Gasteiger partial charge in [0.05, 0.1) is 5.69 Å². The van der Waals surface area contributed by atoms with E-state index in [2.05, 4.69) is 37.8 Å². The molecule has 7 nitrogen and oxygen atoms in total. The maximum atomic E-state index is 10.6. The van der Waals surface area contributed by atoms with Gasteiger partial charge in [0.2, 0.25) is 0 Å². The Morgan fingerprint density at radius 3 is 2.62 bits per heavy atom. The van der Waals surface area contributed by atoms with Gasteiger partial charge in [-0.3, -0.25) is 4.99 Å². The molecule has 0 radical (unpaired) electrons. The Hall–Kier alpha value is -2.50. The molecule has 0 amide bonds. The second-order valence-electron chi connectivity index (χ2n) is 7.37. The Morgan fingerprint density at radius 2 is 1.97 bits per heavy atom. The molecule has 4 aromatic rings. The standard InChI is InChI=1S/C23H26N6OS.HI/c1-15-10-16(2)29(28-15)22-9-8-17(12-25-22)13-26-23(24-3)27-14-19(30)21-11-18-6-4-5-7-20(18)31-21;/h4-12,19,30H,13-14H2,1-3H3,(H2,24,26,27);1H. The van der Waals surface area contributed by atoms with Crippen molar-refractivity contribution in [2.24, 2.45) is 4.99 Å². The number of benzene rings is 1. The van der Waals surface area contributed by atoms with Gasteiger partial charge in [0.15, 0.2) is 11.8 Å². The van der Waals surface area contributed by atoms with Gasteiger partial charge in [-0.15, -0.1) is 35.3 Å². The fourth-order valence-corrected chi connectivity index (χ4v) is 4.42. The lowest BCUT2D eigenvalue weighted by atomic mass is 10.2. The van der Waals surface area contributed by atoms with Gasteiger partial charge in [-0.1, -0.05) is 24.3 Å². The lowest BCUT2D eigenvalue weighted by Crippen LogP contribution is -2.38. The quantitative estimate of drug-likeness (QED) is 0.187. The molecule has 0 bridgehead atoms. The molecule has 4 rings (SSSR count). The van der Waals surface area contributed by atoms with Crippen LogP contribution in [0.15, 0.2) is 59.7 Å². The largest absolute Gasteiger partial charge is 0.386 e. The van der Waals surface area contributed by atoms with Crippen LogP contribution in [0.25, 0.3) is 15.9 Å². The molecule has 0 spiro atoms. The lowest BCUT2D eigenvalue weighted by Gasteiger charge is -2.14. The number of aromatic nitrogens is 3. The summed E-state index contributed by atoms with van der Waals surface area (Å²) in [7, 11) is 1.71. The van der Waals surface area contributed by atoms with Gasteiger partial charge in [0, 0.05) is 41.6 Å². The zero-order chi connectivity index (χ0) is 21.8. The van der Waals surface area contributed by atoms with E-state index in [1.807, 2.05) is 61.1 Å².